The first-order valence-electron chi connectivity index (χ1n) is 5.87. The third kappa shape index (κ3) is 2.39. The lowest BCUT2D eigenvalue weighted by molar-refractivity contribution is -0.152. The molecular weight excluding hydrogens is 192 g/mol. The van der Waals surface area contributed by atoms with Crippen molar-refractivity contribution in [2.45, 2.75) is 39.0 Å². The van der Waals surface area contributed by atoms with Gasteiger partial charge in [-0.1, -0.05) is 0 Å². The highest BCUT2D eigenvalue weighted by molar-refractivity contribution is 5.80. The fourth-order valence-corrected chi connectivity index (χ4v) is 3.08. The largest absolute Gasteiger partial charge is 0.466 e. The molecule has 3 heteroatoms. The summed E-state index contributed by atoms with van der Waals surface area (Å²) in [5.41, 5.74) is 0. The molecule has 84 valence electrons. The van der Waals surface area contributed by atoms with Crippen LogP contribution in [0.25, 0.3) is 0 Å². The third-order valence-electron chi connectivity index (χ3n) is 3.55. The summed E-state index contributed by atoms with van der Waals surface area (Å²) in [5, 5.41) is 0. The van der Waals surface area contributed by atoms with Crippen LogP contribution < -0.4 is 0 Å². The predicted octanol–water partition coefficient (Wildman–Crippen LogP) is 1.94. The fourth-order valence-electron chi connectivity index (χ4n) is 3.08. The Morgan fingerprint density at radius 2 is 1.87 bits per heavy atom. The molecule has 2 bridgehead atoms. The number of rotatable bonds is 2. The van der Waals surface area contributed by atoms with Crippen molar-refractivity contribution in [2.75, 3.05) is 6.61 Å². The van der Waals surface area contributed by atoms with Gasteiger partial charge in [0.25, 0.3) is 0 Å². The molecule has 0 aromatic rings. The molecule has 0 aliphatic heterocycles. The van der Waals surface area contributed by atoms with E-state index in [1.807, 2.05) is 6.92 Å². The van der Waals surface area contributed by atoms with Gasteiger partial charge in [-0.15, -0.1) is 0 Å². The van der Waals surface area contributed by atoms with Crippen LogP contribution in [-0.4, -0.2) is 18.4 Å². The molecule has 2 saturated carbocycles. The molecule has 3 nitrogen and oxygen atoms in total. The maximum absolute atomic E-state index is 11.6. The van der Waals surface area contributed by atoms with E-state index < -0.39 is 0 Å². The van der Waals surface area contributed by atoms with Crippen LogP contribution in [0.2, 0.25) is 0 Å². The Morgan fingerprint density at radius 1 is 1.27 bits per heavy atom. The number of ether oxygens (including phenoxy) is 1. The number of carbonyl (C=O) groups is 2. The Kier molecular flexibility index (Phi) is 3.08. The molecule has 15 heavy (non-hydrogen) atoms. The van der Waals surface area contributed by atoms with E-state index in [9.17, 15) is 9.59 Å². The normalized spacial score (nSPS) is 35.0. The Hall–Kier alpha value is -0.860. The Balaban J connectivity index is 1.96. The highest BCUT2D eigenvalue weighted by Gasteiger charge is 2.38. The summed E-state index contributed by atoms with van der Waals surface area (Å²) in [6.07, 6.45) is 4.24. The van der Waals surface area contributed by atoms with E-state index in [0.717, 1.165) is 19.3 Å². The van der Waals surface area contributed by atoms with Crippen LogP contribution in [0.5, 0.6) is 0 Å². The van der Waals surface area contributed by atoms with Gasteiger partial charge >= 0.3 is 5.97 Å². The first-order chi connectivity index (χ1) is 7.19. The molecule has 2 aliphatic carbocycles. The summed E-state index contributed by atoms with van der Waals surface area (Å²) in [5.74, 6) is 1.28. The Labute approximate surface area is 90.2 Å². The summed E-state index contributed by atoms with van der Waals surface area (Å²) in [6.45, 7) is 2.30. The first kappa shape index (κ1) is 10.7. The molecule has 2 aliphatic rings. The lowest BCUT2D eigenvalue weighted by Gasteiger charge is -2.37. The molecule has 2 atom stereocenters. The minimum Gasteiger partial charge on any atom is -0.466 e. The number of hydrogen-bond acceptors (Lipinski definition) is 3. The zero-order valence-corrected chi connectivity index (χ0v) is 9.20. The number of Topliss-reactive ketones (excluding diaryl/α,β-unsaturated/α-hetero) is 1. The average Bonchev–Trinajstić information content (AvgIpc) is 2.16. The highest BCUT2D eigenvalue weighted by atomic mass is 16.5. The van der Waals surface area contributed by atoms with Crippen molar-refractivity contribution in [3.63, 3.8) is 0 Å². The Bertz CT molecular complexity index is 256. The average molecular weight is 210 g/mol. The van der Waals surface area contributed by atoms with Crippen LogP contribution in [0.15, 0.2) is 0 Å². The lowest BCUT2D eigenvalue weighted by Crippen LogP contribution is -2.35. The second kappa shape index (κ2) is 4.33. The van der Waals surface area contributed by atoms with Gasteiger partial charge in [0.05, 0.1) is 12.5 Å². The van der Waals surface area contributed by atoms with Gasteiger partial charge in [0.2, 0.25) is 0 Å². The zero-order chi connectivity index (χ0) is 10.8. The standard InChI is InChI=1S/C12H18O3/c1-2-15-12(14)10-4-8-3-9(5-10)7-11(13)6-8/h8-10H,2-7H2,1H3/t8-,9-/m0/s1. The second-order valence-corrected chi connectivity index (χ2v) is 4.84. The van der Waals surface area contributed by atoms with Gasteiger partial charge in [0.15, 0.2) is 0 Å². The van der Waals surface area contributed by atoms with Crippen molar-refractivity contribution in [1.29, 1.82) is 0 Å². The van der Waals surface area contributed by atoms with Crippen molar-refractivity contribution < 1.29 is 14.3 Å². The maximum Gasteiger partial charge on any atom is 0.308 e. The maximum atomic E-state index is 11.6. The van der Waals surface area contributed by atoms with Gasteiger partial charge in [-0.2, -0.15) is 0 Å². The number of fused-ring (bicyclic) bond motifs is 2. The zero-order valence-electron chi connectivity index (χ0n) is 9.20. The molecule has 0 spiro atoms. The molecule has 2 fully saturated rings. The van der Waals surface area contributed by atoms with Crippen molar-refractivity contribution >= 4 is 11.8 Å². The lowest BCUT2D eigenvalue weighted by atomic mass is 9.68. The van der Waals surface area contributed by atoms with Crippen LogP contribution in [0.4, 0.5) is 0 Å². The molecule has 0 aromatic carbocycles. The second-order valence-electron chi connectivity index (χ2n) is 4.84. The molecule has 0 radical (unpaired) electrons. The van der Waals surface area contributed by atoms with Gasteiger partial charge in [-0.05, 0) is 38.0 Å². The van der Waals surface area contributed by atoms with Gasteiger partial charge in [0, 0.05) is 12.8 Å². The summed E-state index contributed by atoms with van der Waals surface area (Å²) in [7, 11) is 0. The highest BCUT2D eigenvalue weighted by Crippen LogP contribution is 2.41. The van der Waals surface area contributed by atoms with Crippen LogP contribution >= 0.6 is 0 Å². The van der Waals surface area contributed by atoms with E-state index >= 15 is 0 Å². The van der Waals surface area contributed by atoms with Gasteiger partial charge in [-0.25, -0.2) is 0 Å². The van der Waals surface area contributed by atoms with Gasteiger partial charge in [0.1, 0.15) is 5.78 Å². The van der Waals surface area contributed by atoms with E-state index in [-0.39, 0.29) is 11.9 Å². The van der Waals surface area contributed by atoms with E-state index in [1.165, 1.54) is 0 Å². The van der Waals surface area contributed by atoms with Gasteiger partial charge < -0.3 is 4.74 Å². The molecule has 0 N–H and O–H groups in total. The SMILES string of the molecule is CCOC(=O)C1C[C@H]2CC(=O)C[C@H](C1)C2. The van der Waals surface area contributed by atoms with Crippen LogP contribution in [-0.2, 0) is 14.3 Å². The van der Waals surface area contributed by atoms with E-state index in [2.05, 4.69) is 0 Å². The minimum absolute atomic E-state index is 0.0541. The van der Waals surface area contributed by atoms with E-state index in [1.54, 1.807) is 0 Å². The molecule has 2 rings (SSSR count). The number of esters is 1. The smallest absolute Gasteiger partial charge is 0.308 e. The molecule has 0 unspecified atom stereocenters. The first-order valence-corrected chi connectivity index (χ1v) is 5.87. The number of ketones is 1. The van der Waals surface area contributed by atoms with Crippen LogP contribution in [0.1, 0.15) is 39.0 Å². The Morgan fingerprint density at radius 3 is 2.40 bits per heavy atom. The van der Waals surface area contributed by atoms with Crippen LogP contribution in [0, 0.1) is 17.8 Å². The van der Waals surface area contributed by atoms with E-state index in [4.69, 9.17) is 4.74 Å². The molecule has 0 heterocycles. The topological polar surface area (TPSA) is 43.4 Å². The van der Waals surface area contributed by atoms with Crippen LogP contribution in [0.3, 0.4) is 0 Å². The summed E-state index contributed by atoms with van der Waals surface area (Å²) >= 11 is 0. The monoisotopic (exact) mass is 210 g/mol. The summed E-state index contributed by atoms with van der Waals surface area (Å²) in [4.78, 5) is 23.0. The quantitative estimate of drug-likeness (QED) is 0.654. The number of hydrogen-bond donors (Lipinski definition) is 0. The molecule has 0 aromatic heterocycles. The van der Waals surface area contributed by atoms with Crippen molar-refractivity contribution in [2.24, 2.45) is 17.8 Å². The third-order valence-corrected chi connectivity index (χ3v) is 3.55. The number of carbonyl (C=O) groups excluding carboxylic acids is 2. The minimum atomic E-state index is -0.0541. The fraction of sp³-hybridized carbons (Fsp3) is 0.833. The van der Waals surface area contributed by atoms with Gasteiger partial charge in [-0.3, -0.25) is 9.59 Å². The predicted molar refractivity (Wildman–Crippen MR) is 55.2 cm³/mol. The van der Waals surface area contributed by atoms with E-state index in [0.29, 0.717) is 37.1 Å². The summed E-state index contributed by atoms with van der Waals surface area (Å²) < 4.78 is 5.05. The van der Waals surface area contributed by atoms with Crippen molar-refractivity contribution in [3.8, 4) is 0 Å². The molecule has 0 saturated heterocycles. The van der Waals surface area contributed by atoms with Crippen molar-refractivity contribution in [1.82, 2.24) is 0 Å². The molecular formula is C12H18O3. The molecule has 0 amide bonds. The summed E-state index contributed by atoms with van der Waals surface area (Å²) in [6, 6.07) is 0. The van der Waals surface area contributed by atoms with Crippen molar-refractivity contribution in [3.05, 3.63) is 0 Å².